The Hall–Kier alpha value is -2.59. The summed E-state index contributed by atoms with van der Waals surface area (Å²) in [5.41, 5.74) is 2.39. The van der Waals surface area contributed by atoms with Crippen LogP contribution in [0.2, 0.25) is 0 Å². The first-order chi connectivity index (χ1) is 14.7. The number of carbonyl (C=O) groups is 1. The lowest BCUT2D eigenvalue weighted by atomic mass is 10.0. The number of nitrogens with zero attached hydrogens (tertiary/aromatic N) is 2. The molecule has 2 fully saturated rings. The van der Waals surface area contributed by atoms with Gasteiger partial charge in [-0.3, -0.25) is 0 Å². The van der Waals surface area contributed by atoms with E-state index < -0.39 is 12.1 Å². The number of hydrogen-bond acceptors (Lipinski definition) is 5. The zero-order chi connectivity index (χ0) is 22.2. The largest absolute Gasteiger partial charge is 0.490 e. The number of thiazole rings is 1. The summed E-state index contributed by atoms with van der Waals surface area (Å²) in [4.78, 5) is 20.4. The van der Waals surface area contributed by atoms with E-state index in [-0.39, 0.29) is 0 Å². The third-order valence-corrected chi connectivity index (χ3v) is 6.83. The fourth-order valence-corrected chi connectivity index (χ4v) is 5.21. The van der Waals surface area contributed by atoms with Crippen LogP contribution >= 0.6 is 11.3 Å². The van der Waals surface area contributed by atoms with Crippen molar-refractivity contribution in [3.63, 3.8) is 0 Å². The summed E-state index contributed by atoms with van der Waals surface area (Å²) >= 11 is 1.66. The summed E-state index contributed by atoms with van der Waals surface area (Å²) in [5, 5.41) is 9.18. The normalized spacial score (nSPS) is 23.4. The van der Waals surface area contributed by atoms with Crippen LogP contribution in [0.5, 0.6) is 5.19 Å². The molecule has 2 aromatic heterocycles. The molecule has 31 heavy (non-hydrogen) atoms. The summed E-state index contributed by atoms with van der Waals surface area (Å²) in [6.45, 7) is 0. The third-order valence-electron chi connectivity index (χ3n) is 5.91. The van der Waals surface area contributed by atoms with E-state index in [0.717, 1.165) is 23.6 Å². The zero-order valence-corrected chi connectivity index (χ0v) is 17.5. The lowest BCUT2D eigenvalue weighted by Crippen LogP contribution is -2.43. The molecule has 0 radical (unpaired) electrons. The number of nitrogens with one attached hydrogen (secondary N) is 1. The Morgan fingerprint density at radius 3 is 2.58 bits per heavy atom. The second kappa shape index (κ2) is 8.51. The number of carboxylic acids is 1. The summed E-state index contributed by atoms with van der Waals surface area (Å²) in [6, 6.07) is 9.86. The monoisotopic (exact) mass is 453 g/mol. The standard InChI is InChI=1S/C19H21N3OS.C2HF3O2/c1-22-12-5-6-13(22)10-14(9-12)23-19-21-11-18(24-19)16-3-2-4-17-15(16)7-8-20-17;3-2(4,5)1(6)7/h2-4,7-8,11-14,20H,5-6,9-10H2,1H3;(H,6,7). The van der Waals surface area contributed by atoms with Gasteiger partial charge in [-0.25, -0.2) is 9.78 Å². The van der Waals surface area contributed by atoms with E-state index in [1.54, 1.807) is 11.3 Å². The average molecular weight is 453 g/mol. The summed E-state index contributed by atoms with van der Waals surface area (Å²) in [5.74, 6) is -2.76. The molecule has 2 saturated heterocycles. The fraction of sp³-hybridized carbons (Fsp3) is 0.429. The van der Waals surface area contributed by atoms with Crippen molar-refractivity contribution in [1.29, 1.82) is 0 Å². The van der Waals surface area contributed by atoms with Gasteiger partial charge >= 0.3 is 12.1 Å². The van der Waals surface area contributed by atoms with Crippen molar-refractivity contribution in [1.82, 2.24) is 14.9 Å². The van der Waals surface area contributed by atoms with Crippen molar-refractivity contribution >= 4 is 28.2 Å². The summed E-state index contributed by atoms with van der Waals surface area (Å²) in [7, 11) is 2.26. The van der Waals surface area contributed by atoms with Crippen molar-refractivity contribution in [2.45, 2.75) is 50.0 Å². The van der Waals surface area contributed by atoms with Crippen molar-refractivity contribution < 1.29 is 27.8 Å². The molecule has 2 atom stereocenters. The molecule has 1 aromatic carbocycles. The minimum Gasteiger partial charge on any atom is -0.475 e. The van der Waals surface area contributed by atoms with Gasteiger partial charge in [0.15, 0.2) is 0 Å². The smallest absolute Gasteiger partial charge is 0.475 e. The van der Waals surface area contributed by atoms with Crippen LogP contribution in [0, 0.1) is 0 Å². The molecule has 6 nitrogen and oxygen atoms in total. The van der Waals surface area contributed by atoms with E-state index in [2.05, 4.69) is 46.2 Å². The Balaban J connectivity index is 0.000000289. The molecule has 4 heterocycles. The highest BCUT2D eigenvalue weighted by Gasteiger charge is 2.39. The Morgan fingerprint density at radius 1 is 1.26 bits per heavy atom. The maximum Gasteiger partial charge on any atom is 0.490 e. The lowest BCUT2D eigenvalue weighted by molar-refractivity contribution is -0.192. The molecule has 2 N–H and O–H groups in total. The summed E-state index contributed by atoms with van der Waals surface area (Å²) in [6.07, 6.45) is 4.08. The molecule has 0 aliphatic carbocycles. The number of carboxylic acid groups (broad SMARTS) is 1. The molecule has 5 rings (SSSR count). The number of aromatic nitrogens is 2. The second-order valence-electron chi connectivity index (χ2n) is 7.80. The van der Waals surface area contributed by atoms with Gasteiger partial charge in [-0.15, -0.1) is 0 Å². The Labute approximate surface area is 180 Å². The maximum atomic E-state index is 10.6. The molecule has 10 heteroatoms. The lowest BCUT2D eigenvalue weighted by Gasteiger charge is -2.35. The van der Waals surface area contributed by atoms with Crippen molar-refractivity contribution in [2.75, 3.05) is 7.05 Å². The van der Waals surface area contributed by atoms with Crippen LogP contribution in [0.25, 0.3) is 21.3 Å². The predicted molar refractivity (Wildman–Crippen MR) is 111 cm³/mol. The van der Waals surface area contributed by atoms with E-state index in [1.807, 2.05) is 12.4 Å². The first kappa shape index (κ1) is 21.6. The van der Waals surface area contributed by atoms with E-state index in [9.17, 15) is 13.2 Å². The van der Waals surface area contributed by atoms with Crippen LogP contribution in [0.4, 0.5) is 13.2 Å². The molecular formula is C21H22F3N3O3S. The number of aliphatic carboxylic acids is 1. The van der Waals surface area contributed by atoms with Crippen LogP contribution in [0.3, 0.4) is 0 Å². The number of hydrogen-bond donors (Lipinski definition) is 2. The van der Waals surface area contributed by atoms with Gasteiger partial charge in [0.05, 0.1) is 4.88 Å². The second-order valence-corrected chi connectivity index (χ2v) is 8.79. The minimum atomic E-state index is -5.08. The van der Waals surface area contributed by atoms with Gasteiger partial charge in [0.25, 0.3) is 5.19 Å². The number of benzene rings is 1. The van der Waals surface area contributed by atoms with E-state index in [1.165, 1.54) is 28.7 Å². The Kier molecular flexibility index (Phi) is 5.94. The SMILES string of the molecule is CN1C2CCC1CC(Oc1ncc(-c3cccc4[nH]ccc34)s1)C2.O=C(O)C(F)(F)F. The molecule has 2 aliphatic rings. The number of alkyl halides is 3. The van der Waals surface area contributed by atoms with Crippen LogP contribution < -0.4 is 4.74 Å². The Bertz CT molecular complexity index is 1050. The highest BCUT2D eigenvalue weighted by atomic mass is 32.1. The highest BCUT2D eigenvalue weighted by Crippen LogP contribution is 2.39. The highest BCUT2D eigenvalue weighted by molar-refractivity contribution is 7.16. The van der Waals surface area contributed by atoms with Crippen molar-refractivity contribution in [2.24, 2.45) is 0 Å². The van der Waals surface area contributed by atoms with Crippen molar-refractivity contribution in [3.05, 3.63) is 36.7 Å². The molecule has 0 spiro atoms. The molecular weight excluding hydrogens is 431 g/mol. The number of H-pyrrole nitrogens is 1. The average Bonchev–Trinajstić information content (AvgIpc) is 3.41. The molecule has 2 bridgehead atoms. The first-order valence-electron chi connectivity index (χ1n) is 9.93. The van der Waals surface area contributed by atoms with Gasteiger partial charge < -0.3 is 19.7 Å². The number of piperidine rings is 1. The van der Waals surface area contributed by atoms with E-state index >= 15 is 0 Å². The maximum absolute atomic E-state index is 10.6. The van der Waals surface area contributed by atoms with Crippen molar-refractivity contribution in [3.8, 4) is 15.6 Å². The number of rotatable bonds is 3. The van der Waals surface area contributed by atoms with Gasteiger partial charge in [-0.2, -0.15) is 13.2 Å². The number of fused-ring (bicyclic) bond motifs is 3. The van der Waals surface area contributed by atoms with Crippen LogP contribution in [-0.2, 0) is 4.79 Å². The number of aromatic amines is 1. The minimum absolute atomic E-state index is 0.320. The van der Waals surface area contributed by atoms with Gasteiger partial charge in [-0.1, -0.05) is 23.5 Å². The van der Waals surface area contributed by atoms with Crippen LogP contribution in [-0.4, -0.2) is 57.4 Å². The molecule has 2 unspecified atom stereocenters. The quantitative estimate of drug-likeness (QED) is 0.588. The number of halogens is 3. The zero-order valence-electron chi connectivity index (χ0n) is 16.7. The van der Waals surface area contributed by atoms with Crippen LogP contribution in [0.15, 0.2) is 36.7 Å². The van der Waals surface area contributed by atoms with Gasteiger partial charge in [0.2, 0.25) is 0 Å². The Morgan fingerprint density at radius 2 is 1.94 bits per heavy atom. The molecule has 3 aromatic rings. The van der Waals surface area contributed by atoms with Gasteiger partial charge in [0.1, 0.15) is 6.10 Å². The van der Waals surface area contributed by atoms with Crippen LogP contribution in [0.1, 0.15) is 25.7 Å². The third kappa shape index (κ3) is 4.69. The number of ether oxygens (including phenoxy) is 1. The molecule has 0 saturated carbocycles. The fourth-order valence-electron chi connectivity index (χ4n) is 4.34. The predicted octanol–water partition coefficient (Wildman–Crippen LogP) is 4.93. The van der Waals surface area contributed by atoms with Gasteiger partial charge in [0, 0.05) is 40.9 Å². The topological polar surface area (TPSA) is 78.5 Å². The van der Waals surface area contributed by atoms with Gasteiger partial charge in [-0.05, 0) is 44.9 Å². The van der Waals surface area contributed by atoms with E-state index in [4.69, 9.17) is 14.6 Å². The molecule has 0 amide bonds. The summed E-state index contributed by atoms with van der Waals surface area (Å²) < 4.78 is 38.0. The van der Waals surface area contributed by atoms with E-state index in [0.29, 0.717) is 18.2 Å². The first-order valence-corrected chi connectivity index (χ1v) is 10.7. The molecule has 2 aliphatic heterocycles. The molecule has 166 valence electrons.